The van der Waals surface area contributed by atoms with Gasteiger partial charge in [0.25, 0.3) is 0 Å². The number of rotatable bonds is 45. The quantitative estimate of drug-likeness (QED) is 0.0262. The van der Waals surface area contributed by atoms with Gasteiger partial charge in [-0.2, -0.15) is 0 Å². The van der Waals surface area contributed by atoms with Gasteiger partial charge in [-0.15, -0.1) is 0 Å². The molecule has 64 heavy (non-hydrogen) atoms. The van der Waals surface area contributed by atoms with Crippen molar-refractivity contribution in [3.63, 3.8) is 0 Å². The molecular weight excluding hydrogens is 793 g/mol. The molecule has 0 N–H and O–H groups in total. The van der Waals surface area contributed by atoms with E-state index in [1.807, 2.05) is 0 Å². The minimum absolute atomic E-state index is 0.0963. The van der Waals surface area contributed by atoms with E-state index in [-0.39, 0.29) is 31.1 Å². The topological polar surface area (TPSA) is 78.9 Å². The highest BCUT2D eigenvalue weighted by Gasteiger charge is 2.19. The maximum absolute atomic E-state index is 12.7. The van der Waals surface area contributed by atoms with Crippen LogP contribution in [0.25, 0.3) is 0 Å². The van der Waals surface area contributed by atoms with E-state index in [2.05, 4.69) is 130 Å². The zero-order valence-corrected chi connectivity index (χ0v) is 41.3. The Hall–Kier alpha value is -3.93. The van der Waals surface area contributed by atoms with E-state index in [4.69, 9.17) is 14.2 Å². The molecule has 0 radical (unpaired) electrons. The fraction of sp³-hybridized carbons (Fsp3) is 0.638. The molecule has 0 aliphatic carbocycles. The van der Waals surface area contributed by atoms with Gasteiger partial charge in [0.15, 0.2) is 6.10 Å². The SMILES string of the molecule is CC/C=C\C/C=C\C/C=C\C/C=C\C/C=C\C/C=C\C/C=C\C/C=C\CCCCC(=O)OCC(COC(=O)CCCCCCCCC)OC(=O)CCCCCCC/C=C\CCCCC. The lowest BCUT2D eigenvalue weighted by atomic mass is 10.1. The highest BCUT2D eigenvalue weighted by Crippen LogP contribution is 2.12. The lowest BCUT2D eigenvalue weighted by Crippen LogP contribution is -2.30. The van der Waals surface area contributed by atoms with Gasteiger partial charge in [0.1, 0.15) is 13.2 Å². The molecule has 0 aliphatic rings. The molecule has 0 heterocycles. The summed E-state index contributed by atoms with van der Waals surface area (Å²) in [5.74, 6) is -0.966. The van der Waals surface area contributed by atoms with Crippen molar-refractivity contribution >= 4 is 17.9 Å². The molecule has 0 aliphatic heterocycles. The highest BCUT2D eigenvalue weighted by molar-refractivity contribution is 5.71. The van der Waals surface area contributed by atoms with Crippen LogP contribution in [0, 0.1) is 0 Å². The fourth-order valence-electron chi connectivity index (χ4n) is 6.63. The molecule has 1 atom stereocenters. The van der Waals surface area contributed by atoms with Crippen LogP contribution in [-0.2, 0) is 28.6 Å². The summed E-state index contributed by atoms with van der Waals surface area (Å²) < 4.78 is 16.7. The first-order valence-corrected chi connectivity index (χ1v) is 25.9. The van der Waals surface area contributed by atoms with Gasteiger partial charge < -0.3 is 14.2 Å². The summed E-state index contributed by atoms with van der Waals surface area (Å²) in [7, 11) is 0. The zero-order valence-electron chi connectivity index (χ0n) is 41.3. The van der Waals surface area contributed by atoms with E-state index in [9.17, 15) is 14.4 Å². The van der Waals surface area contributed by atoms with Crippen LogP contribution in [0.15, 0.2) is 109 Å². The fourth-order valence-corrected chi connectivity index (χ4v) is 6.63. The largest absolute Gasteiger partial charge is 0.462 e. The van der Waals surface area contributed by atoms with Crippen LogP contribution < -0.4 is 0 Å². The highest BCUT2D eigenvalue weighted by atomic mass is 16.6. The molecule has 0 amide bonds. The van der Waals surface area contributed by atoms with Gasteiger partial charge in [-0.3, -0.25) is 14.4 Å². The third-order valence-corrected chi connectivity index (χ3v) is 10.5. The number of carbonyl (C=O) groups excluding carboxylic acids is 3. The molecule has 0 aromatic heterocycles. The van der Waals surface area contributed by atoms with Crippen LogP contribution in [0.3, 0.4) is 0 Å². The molecular formula is C58H94O6. The van der Waals surface area contributed by atoms with Crippen LogP contribution in [0.4, 0.5) is 0 Å². The second-order valence-corrected chi connectivity index (χ2v) is 16.7. The van der Waals surface area contributed by atoms with Gasteiger partial charge in [-0.25, -0.2) is 0 Å². The summed E-state index contributed by atoms with van der Waals surface area (Å²) in [5, 5.41) is 0. The van der Waals surface area contributed by atoms with Crippen LogP contribution >= 0.6 is 0 Å². The van der Waals surface area contributed by atoms with Crippen molar-refractivity contribution in [1.29, 1.82) is 0 Å². The van der Waals surface area contributed by atoms with Crippen LogP contribution in [0.1, 0.15) is 220 Å². The standard InChI is InChI=1S/C58H94O6/c1-4-7-10-13-16-18-20-22-23-24-25-26-27-28-29-30-31-32-33-34-35-36-38-39-42-45-48-51-57(60)63-54-55(53-62-56(59)50-47-44-41-15-12-9-6-3)64-58(61)52-49-46-43-40-37-21-19-17-14-11-8-5-2/h7,10,16-19,22-23,25-26,28-29,31-32,34-35,38-39,55H,4-6,8-9,11-15,20-21,24,27,30,33,36-37,40-54H2,1-3H3/b10-7-,18-16-,19-17-,23-22-,26-25-,29-28-,32-31-,35-34-,39-38-. The predicted octanol–water partition coefficient (Wildman–Crippen LogP) is 17.1. The lowest BCUT2D eigenvalue weighted by Gasteiger charge is -2.18. The van der Waals surface area contributed by atoms with Crippen molar-refractivity contribution < 1.29 is 28.6 Å². The molecule has 0 saturated heterocycles. The van der Waals surface area contributed by atoms with Crippen molar-refractivity contribution in [2.75, 3.05) is 13.2 Å². The van der Waals surface area contributed by atoms with Gasteiger partial charge in [0.05, 0.1) is 0 Å². The lowest BCUT2D eigenvalue weighted by molar-refractivity contribution is -0.167. The summed E-state index contributed by atoms with van der Waals surface area (Å²) in [6.07, 6.45) is 69.5. The predicted molar refractivity (Wildman–Crippen MR) is 274 cm³/mol. The first-order chi connectivity index (χ1) is 31.5. The van der Waals surface area contributed by atoms with Gasteiger partial charge in [-0.05, 0) is 109 Å². The Morgan fingerprint density at radius 1 is 0.328 bits per heavy atom. The molecule has 0 fully saturated rings. The van der Waals surface area contributed by atoms with Gasteiger partial charge in [0.2, 0.25) is 0 Å². The van der Waals surface area contributed by atoms with E-state index in [1.54, 1.807) is 0 Å². The van der Waals surface area contributed by atoms with Crippen molar-refractivity contribution in [2.45, 2.75) is 226 Å². The van der Waals surface area contributed by atoms with E-state index < -0.39 is 6.10 Å². The van der Waals surface area contributed by atoms with E-state index in [0.717, 1.165) is 122 Å². The van der Waals surface area contributed by atoms with Gasteiger partial charge in [-0.1, -0.05) is 201 Å². The van der Waals surface area contributed by atoms with Gasteiger partial charge in [0, 0.05) is 19.3 Å². The molecule has 6 nitrogen and oxygen atoms in total. The first kappa shape index (κ1) is 60.1. The second-order valence-electron chi connectivity index (χ2n) is 16.7. The summed E-state index contributed by atoms with van der Waals surface area (Å²) in [6.45, 7) is 6.39. The molecule has 1 unspecified atom stereocenters. The van der Waals surface area contributed by atoms with Crippen LogP contribution in [-0.4, -0.2) is 37.2 Å². The van der Waals surface area contributed by atoms with Gasteiger partial charge >= 0.3 is 17.9 Å². The number of ether oxygens (including phenoxy) is 3. The monoisotopic (exact) mass is 887 g/mol. The Kier molecular flexibility index (Phi) is 48.5. The second kappa shape index (κ2) is 51.7. The molecule has 0 bridgehead atoms. The molecule has 0 aromatic rings. The van der Waals surface area contributed by atoms with E-state index >= 15 is 0 Å². The maximum Gasteiger partial charge on any atom is 0.306 e. The number of allylic oxidation sites excluding steroid dienone is 18. The molecule has 0 aromatic carbocycles. The van der Waals surface area contributed by atoms with E-state index in [0.29, 0.717) is 19.3 Å². The molecule has 0 spiro atoms. The van der Waals surface area contributed by atoms with Crippen LogP contribution in [0.5, 0.6) is 0 Å². The minimum Gasteiger partial charge on any atom is -0.462 e. The van der Waals surface area contributed by atoms with Crippen molar-refractivity contribution in [1.82, 2.24) is 0 Å². The third-order valence-electron chi connectivity index (χ3n) is 10.5. The molecule has 6 heteroatoms. The number of esters is 3. The van der Waals surface area contributed by atoms with E-state index in [1.165, 1.54) is 57.8 Å². The minimum atomic E-state index is -0.797. The maximum atomic E-state index is 12.7. The Balaban J connectivity index is 4.30. The Bertz CT molecular complexity index is 1340. The number of hydrogen-bond acceptors (Lipinski definition) is 6. The summed E-state index contributed by atoms with van der Waals surface area (Å²) >= 11 is 0. The van der Waals surface area contributed by atoms with Crippen molar-refractivity contribution in [3.05, 3.63) is 109 Å². The third kappa shape index (κ3) is 49.1. The molecule has 362 valence electrons. The normalized spacial score (nSPS) is 13.0. The summed E-state index contributed by atoms with van der Waals surface area (Å²) in [6, 6.07) is 0. The van der Waals surface area contributed by atoms with Crippen molar-refractivity contribution in [3.8, 4) is 0 Å². The Morgan fingerprint density at radius 3 is 1.03 bits per heavy atom. The average molecular weight is 887 g/mol. The molecule has 0 saturated carbocycles. The number of unbranched alkanes of at least 4 members (excludes halogenated alkanes) is 16. The Morgan fingerprint density at radius 2 is 0.609 bits per heavy atom. The summed E-state index contributed by atoms with van der Waals surface area (Å²) in [5.41, 5.74) is 0. The zero-order chi connectivity index (χ0) is 46.5. The summed E-state index contributed by atoms with van der Waals surface area (Å²) in [4.78, 5) is 37.7. The Labute approximate surface area is 393 Å². The first-order valence-electron chi connectivity index (χ1n) is 25.9. The smallest absolute Gasteiger partial charge is 0.306 e. The number of hydrogen-bond donors (Lipinski definition) is 0. The van der Waals surface area contributed by atoms with Crippen LogP contribution in [0.2, 0.25) is 0 Å². The molecule has 0 rings (SSSR count). The average Bonchev–Trinajstić information content (AvgIpc) is 3.29. The number of carbonyl (C=O) groups is 3. The van der Waals surface area contributed by atoms with Crippen molar-refractivity contribution in [2.24, 2.45) is 0 Å².